The summed E-state index contributed by atoms with van der Waals surface area (Å²) < 4.78 is 30.1. The fourth-order valence-corrected chi connectivity index (χ4v) is 3.46. The molecule has 0 saturated heterocycles. The summed E-state index contributed by atoms with van der Waals surface area (Å²) in [5.41, 5.74) is 1.33. The fourth-order valence-electron chi connectivity index (χ4n) is 2.35. The summed E-state index contributed by atoms with van der Waals surface area (Å²) in [6.07, 6.45) is 3.02. The summed E-state index contributed by atoms with van der Waals surface area (Å²) >= 11 is 0. The second kappa shape index (κ2) is 8.18. The average molecular weight is 397 g/mol. The third-order valence-electron chi connectivity index (χ3n) is 3.91. The van der Waals surface area contributed by atoms with E-state index in [0.29, 0.717) is 5.56 Å². The smallest absolute Gasteiger partial charge is 0.322 e. The van der Waals surface area contributed by atoms with Gasteiger partial charge in [-0.2, -0.15) is 0 Å². The highest BCUT2D eigenvalue weighted by molar-refractivity contribution is 7.92. The van der Waals surface area contributed by atoms with Crippen molar-refractivity contribution >= 4 is 27.8 Å². The van der Waals surface area contributed by atoms with Crippen LogP contribution in [0.25, 0.3) is 17.5 Å². The third-order valence-corrected chi connectivity index (χ3v) is 6.06. The maximum Gasteiger partial charge on any atom is 0.322 e. The highest BCUT2D eigenvalue weighted by atomic mass is 32.2. The van der Waals surface area contributed by atoms with E-state index in [4.69, 9.17) is 4.42 Å². The van der Waals surface area contributed by atoms with Crippen LogP contribution < -0.4 is 5.32 Å². The molecule has 0 bridgehead atoms. The van der Waals surface area contributed by atoms with Gasteiger partial charge in [0.1, 0.15) is 0 Å². The first-order chi connectivity index (χ1) is 13.4. The molecule has 0 fully saturated rings. The second-order valence-electron chi connectivity index (χ2n) is 6.27. The molecule has 0 saturated carbocycles. The van der Waals surface area contributed by atoms with Gasteiger partial charge in [0.05, 0.1) is 10.1 Å². The van der Waals surface area contributed by atoms with E-state index >= 15 is 0 Å². The Kier molecular flexibility index (Phi) is 5.70. The lowest BCUT2D eigenvalue weighted by Gasteiger charge is -2.08. The van der Waals surface area contributed by atoms with Crippen LogP contribution in [0.2, 0.25) is 0 Å². The molecule has 1 amide bonds. The predicted octanol–water partition coefficient (Wildman–Crippen LogP) is 3.57. The minimum absolute atomic E-state index is 0.0742. The van der Waals surface area contributed by atoms with Gasteiger partial charge in [-0.05, 0) is 43.7 Å². The quantitative estimate of drug-likeness (QED) is 0.638. The number of aromatic nitrogens is 2. The molecule has 1 aromatic heterocycles. The van der Waals surface area contributed by atoms with Gasteiger partial charge in [0.25, 0.3) is 5.91 Å². The van der Waals surface area contributed by atoms with Gasteiger partial charge in [0, 0.05) is 11.6 Å². The Bertz CT molecular complexity index is 1100. The molecule has 0 atom stereocenters. The van der Waals surface area contributed by atoms with E-state index in [1.54, 1.807) is 32.1 Å². The first-order valence-electron chi connectivity index (χ1n) is 8.58. The van der Waals surface area contributed by atoms with Crippen LogP contribution in [0.5, 0.6) is 0 Å². The molecule has 1 heterocycles. The Balaban J connectivity index is 1.74. The highest BCUT2D eigenvalue weighted by Crippen LogP contribution is 2.24. The molecule has 3 rings (SSSR count). The van der Waals surface area contributed by atoms with E-state index < -0.39 is 21.0 Å². The van der Waals surface area contributed by atoms with Gasteiger partial charge in [0.2, 0.25) is 5.89 Å². The molecule has 0 aliphatic rings. The molecular formula is C20H19N3O4S. The van der Waals surface area contributed by atoms with E-state index in [2.05, 4.69) is 15.5 Å². The Morgan fingerprint density at radius 1 is 1.07 bits per heavy atom. The van der Waals surface area contributed by atoms with Crippen molar-refractivity contribution in [1.82, 2.24) is 10.2 Å². The van der Waals surface area contributed by atoms with E-state index in [-0.39, 0.29) is 16.8 Å². The van der Waals surface area contributed by atoms with Gasteiger partial charge in [-0.1, -0.05) is 41.5 Å². The lowest BCUT2D eigenvalue weighted by molar-refractivity contribution is -0.112. The normalized spacial score (nSPS) is 11.8. The van der Waals surface area contributed by atoms with Gasteiger partial charge in [0.15, 0.2) is 9.84 Å². The Labute approximate surface area is 163 Å². The van der Waals surface area contributed by atoms with Crippen LogP contribution in [-0.4, -0.2) is 29.8 Å². The fraction of sp³-hybridized carbons (Fsp3) is 0.150. The minimum atomic E-state index is -3.42. The van der Waals surface area contributed by atoms with Crippen molar-refractivity contribution in [3.05, 3.63) is 66.2 Å². The summed E-state index contributed by atoms with van der Waals surface area (Å²) in [7, 11) is -3.42. The van der Waals surface area contributed by atoms with Crippen molar-refractivity contribution in [2.45, 2.75) is 24.0 Å². The lowest BCUT2D eigenvalue weighted by atomic mass is 10.2. The number of rotatable bonds is 6. The van der Waals surface area contributed by atoms with Crippen molar-refractivity contribution < 1.29 is 17.6 Å². The Morgan fingerprint density at radius 2 is 1.82 bits per heavy atom. The first kappa shape index (κ1) is 19.5. The molecule has 1 N–H and O–H groups in total. The van der Waals surface area contributed by atoms with Crippen LogP contribution in [-0.2, 0) is 14.6 Å². The number of carbonyl (C=O) groups is 1. The summed E-state index contributed by atoms with van der Waals surface area (Å²) in [5.74, 6) is -0.307. The number of anilines is 1. The largest absolute Gasteiger partial charge is 0.403 e. The average Bonchev–Trinajstić information content (AvgIpc) is 3.15. The number of hydrogen-bond acceptors (Lipinski definition) is 6. The van der Waals surface area contributed by atoms with Crippen LogP contribution in [0, 0.1) is 0 Å². The molecule has 0 radical (unpaired) electrons. The number of nitrogens with one attached hydrogen (secondary N) is 1. The Morgan fingerprint density at radius 3 is 2.54 bits per heavy atom. The lowest BCUT2D eigenvalue weighted by Crippen LogP contribution is -2.13. The van der Waals surface area contributed by atoms with Gasteiger partial charge in [-0.3, -0.25) is 10.1 Å². The highest BCUT2D eigenvalue weighted by Gasteiger charge is 2.20. The maximum atomic E-state index is 12.3. The summed E-state index contributed by atoms with van der Waals surface area (Å²) in [5, 5.41) is 9.59. The molecule has 0 aliphatic carbocycles. The molecule has 0 aliphatic heterocycles. The molecule has 144 valence electrons. The standard InChI is InChI=1S/C20H19N3O4S/c1-14(2)28(25,26)17-10-6-9-16(13-17)19-22-23-20(27-19)21-18(24)12-11-15-7-4-3-5-8-15/h3-14H,1-2H3,(H,21,23,24)/b12-11+. The zero-order valence-electron chi connectivity index (χ0n) is 15.4. The first-order valence-corrected chi connectivity index (χ1v) is 10.1. The number of benzene rings is 2. The molecule has 8 heteroatoms. The van der Waals surface area contributed by atoms with E-state index in [9.17, 15) is 13.2 Å². The summed E-state index contributed by atoms with van der Waals surface area (Å²) in [6.45, 7) is 3.23. The second-order valence-corrected chi connectivity index (χ2v) is 8.77. The van der Waals surface area contributed by atoms with E-state index in [1.165, 1.54) is 18.2 Å². The molecule has 7 nitrogen and oxygen atoms in total. The minimum Gasteiger partial charge on any atom is -0.403 e. The van der Waals surface area contributed by atoms with Gasteiger partial charge < -0.3 is 4.42 Å². The van der Waals surface area contributed by atoms with Gasteiger partial charge >= 0.3 is 6.01 Å². The third kappa shape index (κ3) is 4.52. The van der Waals surface area contributed by atoms with Gasteiger partial charge in [-0.15, -0.1) is 5.10 Å². The van der Waals surface area contributed by atoms with E-state index in [0.717, 1.165) is 5.56 Å². The van der Waals surface area contributed by atoms with Crippen molar-refractivity contribution in [3.63, 3.8) is 0 Å². The SMILES string of the molecule is CC(C)S(=O)(=O)c1cccc(-c2nnc(NC(=O)/C=C/c3ccccc3)o2)c1. The van der Waals surface area contributed by atoms with Crippen molar-refractivity contribution in [2.24, 2.45) is 0 Å². The number of sulfone groups is 1. The monoisotopic (exact) mass is 397 g/mol. The summed E-state index contributed by atoms with van der Waals surface area (Å²) in [4.78, 5) is 12.2. The van der Waals surface area contributed by atoms with Crippen LogP contribution in [0.4, 0.5) is 6.01 Å². The number of amides is 1. The number of hydrogen-bond donors (Lipinski definition) is 1. The molecule has 2 aromatic carbocycles. The predicted molar refractivity (Wildman–Crippen MR) is 106 cm³/mol. The van der Waals surface area contributed by atoms with Crippen molar-refractivity contribution in [2.75, 3.05) is 5.32 Å². The molecule has 0 spiro atoms. The van der Waals surface area contributed by atoms with Crippen LogP contribution >= 0.6 is 0 Å². The molecule has 28 heavy (non-hydrogen) atoms. The Hall–Kier alpha value is -3.26. The zero-order chi connectivity index (χ0) is 20.1. The molecular weight excluding hydrogens is 378 g/mol. The topological polar surface area (TPSA) is 102 Å². The zero-order valence-corrected chi connectivity index (χ0v) is 16.2. The molecule has 0 unspecified atom stereocenters. The van der Waals surface area contributed by atoms with Crippen molar-refractivity contribution in [1.29, 1.82) is 0 Å². The molecule has 3 aromatic rings. The van der Waals surface area contributed by atoms with E-state index in [1.807, 2.05) is 30.3 Å². The van der Waals surface area contributed by atoms with Crippen LogP contribution in [0.1, 0.15) is 19.4 Å². The maximum absolute atomic E-state index is 12.3. The number of nitrogens with zero attached hydrogens (tertiary/aromatic N) is 2. The number of carbonyl (C=O) groups excluding carboxylic acids is 1. The van der Waals surface area contributed by atoms with Gasteiger partial charge in [-0.25, -0.2) is 8.42 Å². The van der Waals surface area contributed by atoms with Crippen LogP contribution in [0.3, 0.4) is 0 Å². The van der Waals surface area contributed by atoms with Crippen LogP contribution in [0.15, 0.2) is 70.0 Å². The summed E-state index contributed by atoms with van der Waals surface area (Å²) in [6, 6.07) is 15.6. The van der Waals surface area contributed by atoms with Crippen molar-refractivity contribution in [3.8, 4) is 11.5 Å².